The lowest BCUT2D eigenvalue weighted by Gasteiger charge is -2.43. The van der Waals surface area contributed by atoms with Gasteiger partial charge in [0.2, 0.25) is 0 Å². The average Bonchev–Trinajstić information content (AvgIpc) is 1.56. The van der Waals surface area contributed by atoms with E-state index in [4.69, 9.17) is 24.1 Å². The first-order valence-electron chi connectivity index (χ1n) is 26.2. The summed E-state index contributed by atoms with van der Waals surface area (Å²) in [6.45, 7) is 8.68. The standard InChI is InChI=1S/C66H3N.C21H16F3N3O3S2/c1-2-3-4-5-6-7-8-9-10-11-12-13-14-15-16-17-18-19-20-21-22-23-24-25-26-27-28-29-30-31-32-33-34-35-36-37-38-39-40-41-42-43-44-45-46-47-48-49-50-51-52-53-54-55-56-57-58-59-60-61-62-63-64-65-66-67;1-25-17-9-6-14(12-16(17)21(22,23)24)26-18(28)20(10-3-11-20)27(19(26)31)13-4-7-15(8-5-13)32(2,29)30/h1H3;4-9,12H,3,10-11H2,2H3. The van der Waals surface area contributed by atoms with E-state index in [1.54, 1.807) is 17.9 Å². The third-order valence-electron chi connectivity index (χ3n) is 9.84. The Morgan fingerprint density at radius 2 is 0.667 bits per heavy atom. The normalized spacial score (nSPS) is 8.52. The van der Waals surface area contributed by atoms with Crippen molar-refractivity contribution < 1.29 is 26.4 Å². The van der Waals surface area contributed by atoms with Crippen LogP contribution in [-0.4, -0.2) is 31.2 Å². The van der Waals surface area contributed by atoms with Gasteiger partial charge in [0.05, 0.1) is 17.0 Å². The van der Waals surface area contributed by atoms with Crippen LogP contribution in [0, 0.1) is 397 Å². The van der Waals surface area contributed by atoms with Gasteiger partial charge < -0.3 is 4.90 Å². The van der Waals surface area contributed by atoms with Crippen molar-refractivity contribution >= 4 is 50.1 Å². The number of sulfone groups is 1. The van der Waals surface area contributed by atoms with Crippen LogP contribution in [0.25, 0.3) is 4.85 Å². The van der Waals surface area contributed by atoms with E-state index in [1.807, 2.05) is 0 Å². The molecule has 2 aromatic rings. The van der Waals surface area contributed by atoms with Gasteiger partial charge in [-0.1, -0.05) is 12.0 Å². The van der Waals surface area contributed by atoms with E-state index in [0.717, 1.165) is 29.7 Å². The summed E-state index contributed by atoms with van der Waals surface area (Å²) >= 11 is 5.53. The molecule has 2 fully saturated rings. The van der Waals surface area contributed by atoms with Crippen LogP contribution in [-0.2, 0) is 20.8 Å². The van der Waals surface area contributed by atoms with Crippen molar-refractivity contribution in [2.45, 2.75) is 42.8 Å². The molecule has 0 bridgehead atoms. The zero-order valence-electron chi connectivity index (χ0n) is 50.6. The maximum absolute atomic E-state index is 13.5. The number of carbonyl (C=O) groups excluding carboxylic acids is 1. The topological polar surface area (TPSA) is 85.8 Å². The van der Waals surface area contributed by atoms with Crippen LogP contribution in [0.5, 0.6) is 0 Å². The van der Waals surface area contributed by atoms with Crippen LogP contribution in [0.4, 0.5) is 30.2 Å². The second-order valence-corrected chi connectivity index (χ2v) is 18.3. The quantitative estimate of drug-likeness (QED) is 0.234. The van der Waals surface area contributed by atoms with Crippen LogP contribution in [0.2, 0.25) is 0 Å². The summed E-state index contributed by atoms with van der Waals surface area (Å²) in [5.74, 6) is 159. The molecule has 4 rings (SSSR count). The lowest BCUT2D eigenvalue weighted by Crippen LogP contribution is -2.55. The number of rotatable bonds is 3. The third kappa shape index (κ3) is 32.5. The van der Waals surface area contributed by atoms with E-state index in [-0.39, 0.29) is 15.7 Å². The van der Waals surface area contributed by atoms with Gasteiger partial charge in [-0.05, 0) is 122 Å². The van der Waals surface area contributed by atoms with Crippen molar-refractivity contribution in [1.82, 2.24) is 0 Å². The van der Waals surface area contributed by atoms with Crippen LogP contribution >= 0.6 is 12.2 Å². The monoisotopic (exact) mass is 1290 g/mol. The maximum atomic E-state index is 13.5. The van der Waals surface area contributed by atoms with Gasteiger partial charge in [0.15, 0.2) is 26.7 Å². The Balaban J connectivity index is 0.000000653. The summed E-state index contributed by atoms with van der Waals surface area (Å²) in [7, 11) is -3.43. The van der Waals surface area contributed by atoms with Gasteiger partial charge in [-0.3, -0.25) is 9.69 Å². The van der Waals surface area contributed by atoms with E-state index < -0.39 is 38.7 Å². The van der Waals surface area contributed by atoms with Crippen molar-refractivity contribution in [2.24, 2.45) is 0 Å². The lowest BCUT2D eigenvalue weighted by atomic mass is 9.75. The Labute approximate surface area is 581 Å². The molecule has 1 aliphatic carbocycles. The minimum atomic E-state index is -4.77. The van der Waals surface area contributed by atoms with Gasteiger partial charge in [-0.15, -0.1) is 0 Å². The van der Waals surface area contributed by atoms with Gasteiger partial charge in [-0.2, -0.15) is 18.4 Å². The maximum Gasteiger partial charge on any atom is 0.407 e. The number of thiocarbonyl (C=S) groups is 1. The Hall–Kier alpha value is -17.6. The molecule has 438 valence electrons. The highest BCUT2D eigenvalue weighted by atomic mass is 32.2. The van der Waals surface area contributed by atoms with Gasteiger partial charge in [0.1, 0.15) is 5.54 Å². The molecular weight excluding hydrogens is 1270 g/mol. The molecule has 1 saturated heterocycles. The summed E-state index contributed by atoms with van der Waals surface area (Å²) in [6, 6.07) is 10.6. The van der Waals surface area contributed by atoms with E-state index in [2.05, 4.69) is 384 Å². The molecule has 12 heteroatoms. The van der Waals surface area contributed by atoms with Gasteiger partial charge in [0.25, 0.3) is 5.91 Å². The molecular formula is C87H19F3N4O3S2. The van der Waals surface area contributed by atoms with Gasteiger partial charge in [-0.25, -0.2) is 13.3 Å². The molecule has 2 aromatic carbocycles. The molecule has 0 atom stereocenters. The molecule has 1 amide bonds. The predicted molar refractivity (Wildman–Crippen MR) is 377 cm³/mol. The number of alkyl halides is 3. The second-order valence-electron chi connectivity index (χ2n) is 16.0. The smallest absolute Gasteiger partial charge is 0.303 e. The van der Waals surface area contributed by atoms with E-state index in [9.17, 15) is 26.4 Å². The Morgan fingerprint density at radius 1 is 0.424 bits per heavy atom. The van der Waals surface area contributed by atoms with E-state index in [0.29, 0.717) is 18.5 Å². The zero-order valence-corrected chi connectivity index (χ0v) is 52.3. The molecule has 0 N–H and O–H groups in total. The molecule has 7 nitrogen and oxygen atoms in total. The van der Waals surface area contributed by atoms with Crippen LogP contribution in [0.3, 0.4) is 0 Å². The summed E-state index contributed by atoms with van der Waals surface area (Å²) in [5, 5.41) is 8.21. The molecule has 0 unspecified atom stereocenters. The van der Waals surface area contributed by atoms with Crippen LogP contribution < -0.4 is 9.80 Å². The SMILES string of the molecule is CC#CC#CC#CC#CC#CC#CC#CC#CC#CC#CC#CC#CC#CC#CC#CC#CC#CC#CC#CC#CC#CC#CC#CC#CC#CC#CC#CC#CC#CC#CC#CC#CC#N.[C-]#[N+]c1ccc(N2C(=O)C3(CCC3)N(c3ccc(S(C)(=O)=O)cc3)C2=S)cc1C(F)(F)F. The molecule has 1 spiro atoms. The molecule has 0 aromatic heterocycles. The number of carbonyl (C=O) groups is 1. The number of hydrogen-bond donors (Lipinski definition) is 0. The van der Waals surface area contributed by atoms with E-state index >= 15 is 0 Å². The van der Waals surface area contributed by atoms with E-state index in [1.165, 1.54) is 30.3 Å². The number of benzene rings is 2. The Morgan fingerprint density at radius 3 is 0.869 bits per heavy atom. The fraction of sp³-hybridized carbons (Fsp3) is 0.0805. The first kappa shape index (κ1) is 75.7. The summed E-state index contributed by atoms with van der Waals surface area (Å²) < 4.78 is 63.9. The Kier molecular flexibility index (Phi) is 36.3. The molecule has 1 aliphatic heterocycles. The number of hydrogen-bond acceptors (Lipinski definition) is 5. The van der Waals surface area contributed by atoms with Crippen molar-refractivity contribution in [3.8, 4) is 385 Å². The Bertz CT molecular complexity index is 6300. The number of nitrogens with zero attached hydrogens (tertiary/aromatic N) is 4. The van der Waals surface area contributed by atoms with Crippen LogP contribution in [0.1, 0.15) is 31.7 Å². The average molecular weight is 1290 g/mol. The summed E-state index contributed by atoms with van der Waals surface area (Å²) in [5.41, 5.74) is -2.32. The molecule has 1 heterocycles. The second kappa shape index (κ2) is 47.4. The predicted octanol–water partition coefficient (Wildman–Crippen LogP) is 5.36. The molecule has 1 saturated carbocycles. The minimum Gasteiger partial charge on any atom is -0.303 e. The number of anilines is 2. The first-order chi connectivity index (χ1) is 48.3. The third-order valence-corrected chi connectivity index (χ3v) is 11.3. The summed E-state index contributed by atoms with van der Waals surface area (Å²) in [4.78, 5) is 19.1. The summed E-state index contributed by atoms with van der Waals surface area (Å²) in [6.07, 6.45) is -2.03. The van der Waals surface area contributed by atoms with Crippen molar-refractivity contribution in [1.29, 1.82) is 5.26 Å². The fourth-order valence-electron chi connectivity index (χ4n) is 6.03. The van der Waals surface area contributed by atoms with Gasteiger partial charge in [0, 0.05) is 343 Å². The highest BCUT2D eigenvalue weighted by molar-refractivity contribution is 7.90. The molecule has 2 aliphatic rings. The van der Waals surface area contributed by atoms with Crippen molar-refractivity contribution in [3.05, 3.63) is 59.4 Å². The fourth-order valence-corrected chi connectivity index (χ4v) is 7.13. The lowest BCUT2D eigenvalue weighted by molar-refractivity contribution is -0.137. The number of amides is 1. The highest BCUT2D eigenvalue weighted by Gasteiger charge is 2.59. The zero-order chi connectivity index (χ0) is 71.4. The minimum absolute atomic E-state index is 0.00509. The number of nitriles is 1. The number of halogens is 3. The largest absolute Gasteiger partial charge is 0.407 e. The molecule has 0 radical (unpaired) electrons. The first-order valence-corrected chi connectivity index (χ1v) is 28.5. The van der Waals surface area contributed by atoms with Crippen LogP contribution in [0.15, 0.2) is 47.4 Å². The van der Waals surface area contributed by atoms with Crippen molar-refractivity contribution in [2.75, 3.05) is 16.1 Å². The van der Waals surface area contributed by atoms with Crippen molar-refractivity contribution in [3.63, 3.8) is 0 Å². The van der Waals surface area contributed by atoms with Gasteiger partial charge >= 0.3 is 6.18 Å². The highest BCUT2D eigenvalue weighted by Crippen LogP contribution is 2.49. The molecule has 99 heavy (non-hydrogen) atoms.